The predicted molar refractivity (Wildman–Crippen MR) is 231 cm³/mol. The number of aromatic hydroxyl groups is 1. The molecule has 0 unspecified atom stereocenters. The summed E-state index contributed by atoms with van der Waals surface area (Å²) in [5, 5.41) is 22.3. The van der Waals surface area contributed by atoms with Crippen molar-refractivity contribution in [2.75, 3.05) is 74.5 Å². The van der Waals surface area contributed by atoms with Gasteiger partial charge in [0.15, 0.2) is 5.82 Å². The minimum absolute atomic E-state index is 0.0911. The van der Waals surface area contributed by atoms with Crippen molar-refractivity contribution in [1.82, 2.24) is 29.9 Å². The number of imide groups is 1. The fourth-order valence-corrected chi connectivity index (χ4v) is 9.60. The Kier molecular flexibility index (Phi) is 10.9. The number of para-hydroxylation sites is 1. The van der Waals surface area contributed by atoms with Crippen molar-refractivity contribution in [1.29, 1.82) is 0 Å². The third kappa shape index (κ3) is 8.11. The molecule has 4 saturated heterocycles. The zero-order valence-electron chi connectivity index (χ0n) is 34.6. The van der Waals surface area contributed by atoms with E-state index >= 15 is 4.39 Å². The highest BCUT2D eigenvalue weighted by Crippen LogP contribution is 2.37. The number of nitrogens with two attached hydrogens (primary N) is 1. The van der Waals surface area contributed by atoms with E-state index in [1.54, 1.807) is 28.0 Å². The number of alkyl halides is 1. The van der Waals surface area contributed by atoms with Gasteiger partial charge in [0.05, 0.1) is 18.0 Å². The molecule has 5 aromatic rings. The molecule has 0 spiro atoms. The van der Waals surface area contributed by atoms with Crippen molar-refractivity contribution >= 4 is 45.9 Å². The second kappa shape index (κ2) is 16.4. The third-order valence-electron chi connectivity index (χ3n) is 13.0. The van der Waals surface area contributed by atoms with Gasteiger partial charge in [-0.25, -0.2) is 9.18 Å². The number of hydrogen-bond donors (Lipinski definition) is 3. The van der Waals surface area contributed by atoms with Crippen LogP contribution in [0.3, 0.4) is 0 Å². The van der Waals surface area contributed by atoms with E-state index < -0.39 is 5.67 Å². The molecule has 0 saturated carbocycles. The SMILES string of the molecule is Cc1cc(C(=O)N2CCC(F)(CN3CCC(n4ccc5cc(N6CCC(=O)NC6=O)c(C)cc54)CC3)CC2)ccc1[C@@H]1CN(c2cc(-c3ccccc3O)nnc2N)CCO1. The Bertz CT molecular complexity index is 2490. The van der Waals surface area contributed by atoms with Crippen LogP contribution in [-0.4, -0.2) is 112 Å². The van der Waals surface area contributed by atoms with E-state index in [9.17, 15) is 19.5 Å². The van der Waals surface area contributed by atoms with E-state index in [1.165, 1.54) is 0 Å². The van der Waals surface area contributed by atoms with Gasteiger partial charge in [0.25, 0.3) is 5.91 Å². The first-order valence-corrected chi connectivity index (χ1v) is 21.2. The normalized spacial score (nSPS) is 20.3. The molecule has 318 valence electrons. The van der Waals surface area contributed by atoms with Gasteiger partial charge in [-0.3, -0.25) is 19.8 Å². The summed E-state index contributed by atoms with van der Waals surface area (Å²) in [5.41, 5.74) is 12.1. The molecule has 0 aliphatic carbocycles. The first kappa shape index (κ1) is 40.4. The lowest BCUT2D eigenvalue weighted by Crippen LogP contribution is -2.51. The van der Waals surface area contributed by atoms with Gasteiger partial charge >= 0.3 is 6.03 Å². The molecule has 0 bridgehead atoms. The maximum atomic E-state index is 16.4. The van der Waals surface area contributed by atoms with E-state index in [2.05, 4.69) is 48.2 Å². The number of aryl methyl sites for hydroxylation is 2. The number of nitrogen functional groups attached to an aromatic ring is 1. The van der Waals surface area contributed by atoms with Crippen molar-refractivity contribution in [2.45, 2.75) is 63.8 Å². The van der Waals surface area contributed by atoms with Crippen LogP contribution in [0.25, 0.3) is 22.2 Å². The van der Waals surface area contributed by atoms with Gasteiger partial charge in [-0.1, -0.05) is 18.2 Å². The van der Waals surface area contributed by atoms with Crippen LogP contribution in [0.2, 0.25) is 0 Å². The van der Waals surface area contributed by atoms with Crippen LogP contribution < -0.4 is 20.9 Å². The maximum Gasteiger partial charge on any atom is 0.328 e. The number of halogens is 1. The number of likely N-dealkylation sites (tertiary alicyclic amines) is 2. The average molecular weight is 830 g/mol. The molecule has 15 heteroatoms. The van der Waals surface area contributed by atoms with Crippen LogP contribution in [0, 0.1) is 13.8 Å². The van der Waals surface area contributed by atoms with Crippen molar-refractivity contribution in [3.63, 3.8) is 0 Å². The molecule has 61 heavy (non-hydrogen) atoms. The predicted octanol–water partition coefficient (Wildman–Crippen LogP) is 6.31. The van der Waals surface area contributed by atoms with Crippen molar-refractivity contribution in [3.05, 3.63) is 95.2 Å². The molecule has 4 N–H and O–H groups in total. The molecule has 9 rings (SSSR count). The van der Waals surface area contributed by atoms with Gasteiger partial charge in [-0.2, -0.15) is 0 Å². The number of amides is 4. The molecule has 3 aromatic carbocycles. The molecule has 0 radical (unpaired) electrons. The zero-order valence-corrected chi connectivity index (χ0v) is 34.6. The van der Waals surface area contributed by atoms with Crippen LogP contribution in [-0.2, 0) is 9.53 Å². The highest BCUT2D eigenvalue weighted by atomic mass is 19.1. The number of carbonyl (C=O) groups excluding carboxylic acids is 3. The highest BCUT2D eigenvalue weighted by Gasteiger charge is 2.39. The second-order valence-corrected chi connectivity index (χ2v) is 17.0. The smallest absolute Gasteiger partial charge is 0.328 e. The molecule has 6 heterocycles. The van der Waals surface area contributed by atoms with Gasteiger partial charge in [-0.05, 0) is 91.9 Å². The molecular formula is C46H52FN9O5. The largest absolute Gasteiger partial charge is 0.507 e. The van der Waals surface area contributed by atoms with E-state index in [0.717, 1.165) is 59.2 Å². The molecule has 1 atom stereocenters. The number of aromatic nitrogens is 3. The Balaban J connectivity index is 0.780. The first-order valence-electron chi connectivity index (χ1n) is 21.2. The molecule has 4 fully saturated rings. The summed E-state index contributed by atoms with van der Waals surface area (Å²) in [4.78, 5) is 45.7. The van der Waals surface area contributed by atoms with Gasteiger partial charge in [0.1, 0.15) is 17.5 Å². The lowest BCUT2D eigenvalue weighted by Gasteiger charge is -2.41. The standard InChI is InChI=1S/C46H52FN9O5/c1-29-23-32(7-8-34(29)41-27-54(21-22-61-41)39-26-36(50-51-43(39)48)35-5-3-4-6-40(35)57)44(59)53-19-13-46(47,14-20-53)28-52-15-10-33(11-16-52)55-17-9-31-25-37(30(2)24-38(31)55)56-18-12-42(58)49-45(56)60/h3-9,17,23-26,33,41,57H,10-16,18-22,27-28H2,1-2H3,(H2,48,51)(H,49,58,60)/t41-/m0/s1. The summed E-state index contributed by atoms with van der Waals surface area (Å²) in [5.74, 6) is 0.0665. The molecule has 4 aliphatic rings. The van der Waals surface area contributed by atoms with E-state index in [-0.39, 0.29) is 42.2 Å². The average Bonchev–Trinajstić information content (AvgIpc) is 3.66. The summed E-state index contributed by atoms with van der Waals surface area (Å²) in [7, 11) is 0. The van der Waals surface area contributed by atoms with Gasteiger partial charge < -0.3 is 34.8 Å². The number of rotatable bonds is 8. The van der Waals surface area contributed by atoms with Crippen molar-refractivity contribution < 1.29 is 28.6 Å². The van der Waals surface area contributed by atoms with Crippen LogP contribution in [0.5, 0.6) is 5.75 Å². The van der Waals surface area contributed by atoms with E-state index in [0.29, 0.717) is 87.0 Å². The second-order valence-electron chi connectivity index (χ2n) is 17.0. The third-order valence-corrected chi connectivity index (χ3v) is 13.0. The molecular weight excluding hydrogens is 778 g/mol. The number of benzene rings is 3. The fraction of sp³-hybridized carbons (Fsp3) is 0.413. The summed E-state index contributed by atoms with van der Waals surface area (Å²) in [6, 6.07) is 20.7. The number of urea groups is 1. The van der Waals surface area contributed by atoms with Crippen LogP contribution in [0.1, 0.15) is 71.3 Å². The van der Waals surface area contributed by atoms with Gasteiger partial charge in [0.2, 0.25) is 5.91 Å². The molecule has 2 aromatic heterocycles. The number of piperidine rings is 2. The number of nitrogens with zero attached hydrogens (tertiary/aromatic N) is 7. The molecule has 14 nitrogen and oxygen atoms in total. The quantitative estimate of drug-likeness (QED) is 0.162. The summed E-state index contributed by atoms with van der Waals surface area (Å²) >= 11 is 0. The van der Waals surface area contributed by atoms with Crippen LogP contribution in [0.4, 0.5) is 26.4 Å². The number of phenolic OH excluding ortho intramolecular Hbond substituents is 1. The Labute approximate surface area is 354 Å². The first-order chi connectivity index (χ1) is 29.4. The maximum absolute atomic E-state index is 16.4. The Hall–Kier alpha value is -6.06. The lowest BCUT2D eigenvalue weighted by molar-refractivity contribution is -0.120. The van der Waals surface area contributed by atoms with Gasteiger partial charge in [0, 0.05) is 112 Å². The van der Waals surface area contributed by atoms with Crippen molar-refractivity contribution in [2.24, 2.45) is 0 Å². The number of phenols is 1. The number of nitrogens with one attached hydrogen (secondary N) is 1. The summed E-state index contributed by atoms with van der Waals surface area (Å²) in [6.07, 6.45) is 4.52. The number of ether oxygens (including phenoxy) is 1. The monoisotopic (exact) mass is 829 g/mol. The highest BCUT2D eigenvalue weighted by molar-refractivity contribution is 6.06. The number of anilines is 3. The lowest BCUT2D eigenvalue weighted by atomic mass is 9.91. The van der Waals surface area contributed by atoms with Gasteiger partial charge in [-0.15, -0.1) is 10.2 Å². The number of fused-ring (bicyclic) bond motifs is 1. The Morgan fingerprint density at radius 3 is 2.48 bits per heavy atom. The minimum Gasteiger partial charge on any atom is -0.507 e. The minimum atomic E-state index is -1.36. The Morgan fingerprint density at radius 2 is 1.72 bits per heavy atom. The summed E-state index contributed by atoms with van der Waals surface area (Å²) < 4.78 is 24.9. The van der Waals surface area contributed by atoms with Crippen molar-refractivity contribution in [3.8, 4) is 17.0 Å². The number of hydrogen-bond acceptors (Lipinski definition) is 10. The van der Waals surface area contributed by atoms with E-state index in [4.69, 9.17) is 10.5 Å². The number of morpholine rings is 1. The van der Waals surface area contributed by atoms with Crippen LogP contribution in [0.15, 0.2) is 72.9 Å². The molecule has 4 amide bonds. The Morgan fingerprint density at radius 1 is 0.934 bits per heavy atom. The summed E-state index contributed by atoms with van der Waals surface area (Å²) in [6.45, 7) is 8.60. The topological polar surface area (TPSA) is 162 Å². The van der Waals surface area contributed by atoms with Crippen LogP contribution >= 0.6 is 0 Å². The molecule has 4 aliphatic heterocycles. The fourth-order valence-electron chi connectivity index (χ4n) is 9.60. The van der Waals surface area contributed by atoms with E-state index in [1.807, 2.05) is 50.2 Å². The zero-order chi connectivity index (χ0) is 42.4. The number of carbonyl (C=O) groups is 3.